The Kier molecular flexibility index (Phi) is 38.4. The minimum absolute atomic E-state index is 0. The summed E-state index contributed by atoms with van der Waals surface area (Å²) >= 11 is 0. The molecule has 1 atom stereocenters. The topological polar surface area (TPSA) is 270 Å². The molecule has 0 aromatic carbocycles. The van der Waals surface area contributed by atoms with Gasteiger partial charge < -0.3 is 26.0 Å². The number of aromatic carboxylic acids is 1. The fourth-order valence-corrected chi connectivity index (χ4v) is 2.35. The zero-order valence-electron chi connectivity index (χ0n) is 29.1. The van der Waals surface area contributed by atoms with E-state index in [0.29, 0.717) is 11.4 Å². The van der Waals surface area contributed by atoms with Crippen molar-refractivity contribution < 1.29 is 43.3 Å². The van der Waals surface area contributed by atoms with Crippen molar-refractivity contribution in [2.45, 2.75) is 105 Å². The minimum atomic E-state index is -1.04. The Balaban J connectivity index is -0.0000000992. The van der Waals surface area contributed by atoms with E-state index in [2.05, 4.69) is 39.4 Å². The number of ketones is 3. The maximum atomic E-state index is 11.0. The number of rotatable bonds is 6. The number of esters is 2. The zero-order chi connectivity index (χ0) is 37.7. The van der Waals surface area contributed by atoms with Crippen LogP contribution in [0.2, 0.25) is 0 Å². The summed E-state index contributed by atoms with van der Waals surface area (Å²) in [5, 5.41) is 8.50. The van der Waals surface area contributed by atoms with Gasteiger partial charge in [0.05, 0.1) is 67.0 Å². The van der Waals surface area contributed by atoms with E-state index >= 15 is 0 Å². The van der Waals surface area contributed by atoms with Crippen LogP contribution in [-0.2, 0) is 23.9 Å². The van der Waals surface area contributed by atoms with Crippen LogP contribution >= 0.6 is 0 Å². The molecule has 3 rings (SSSR count). The maximum absolute atomic E-state index is 11.0. The highest BCUT2D eigenvalue weighted by Crippen LogP contribution is 2.03. The van der Waals surface area contributed by atoms with Crippen molar-refractivity contribution in [1.82, 2.24) is 29.9 Å². The lowest BCUT2D eigenvalue weighted by Crippen LogP contribution is -2.38. The number of carbonyl (C=O) groups excluding carboxylic acids is 5. The molecule has 0 spiro atoms. The summed E-state index contributed by atoms with van der Waals surface area (Å²) in [7, 11) is 2.59. The summed E-state index contributed by atoms with van der Waals surface area (Å²) in [5.74, 6) is -2.76. The Bertz CT molecular complexity index is 1510. The Morgan fingerprint density at radius 1 is 0.604 bits per heavy atom. The molecule has 3 aromatic heterocycles. The number of aryl methyl sites for hydroxylation is 6. The van der Waals surface area contributed by atoms with Crippen molar-refractivity contribution >= 4 is 35.3 Å². The average Bonchev–Trinajstić information content (AvgIpc) is 3.04. The van der Waals surface area contributed by atoms with Crippen molar-refractivity contribution in [2.24, 2.45) is 11.5 Å². The first kappa shape index (κ1) is 62.7. The number of methoxy groups -OCH3 is 2. The van der Waals surface area contributed by atoms with E-state index in [1.54, 1.807) is 20.8 Å². The van der Waals surface area contributed by atoms with Crippen molar-refractivity contribution in [3.63, 3.8) is 0 Å². The maximum Gasteiger partial charge on any atom is 0.358 e. The second-order valence-corrected chi connectivity index (χ2v) is 9.61. The van der Waals surface area contributed by atoms with Gasteiger partial charge in [0.2, 0.25) is 0 Å². The first-order valence-corrected chi connectivity index (χ1v) is 14.0. The third kappa shape index (κ3) is 26.1. The highest BCUT2D eigenvalue weighted by atomic mass is 16.5. The van der Waals surface area contributed by atoms with Crippen LogP contribution in [0.25, 0.3) is 0 Å². The number of Topliss-reactive ketones (excluding diaryl/α,β-unsaturated/α-hetero) is 3. The lowest BCUT2D eigenvalue weighted by atomic mass is 10.3. The highest BCUT2D eigenvalue weighted by Gasteiger charge is 2.10. The predicted octanol–water partition coefficient (Wildman–Crippen LogP) is 4.76. The molecule has 0 saturated heterocycles. The van der Waals surface area contributed by atoms with E-state index in [1.165, 1.54) is 53.6 Å². The molecule has 0 saturated carbocycles. The van der Waals surface area contributed by atoms with Crippen LogP contribution < -0.4 is 11.5 Å². The van der Waals surface area contributed by atoms with E-state index < -0.39 is 23.9 Å². The minimum Gasteiger partial charge on any atom is -0.476 e. The number of carboxylic acid groups (broad SMARTS) is 1. The van der Waals surface area contributed by atoms with Gasteiger partial charge in [-0.05, 0) is 41.5 Å². The monoisotopic (exact) mass is 752 g/mol. The van der Waals surface area contributed by atoms with E-state index in [9.17, 15) is 28.8 Å². The molecule has 0 bridgehead atoms. The van der Waals surface area contributed by atoms with Crippen LogP contribution in [0.4, 0.5) is 0 Å². The molecule has 0 aliphatic rings. The Morgan fingerprint density at radius 2 is 0.925 bits per heavy atom. The molecule has 0 aliphatic carbocycles. The van der Waals surface area contributed by atoms with Gasteiger partial charge in [-0.3, -0.25) is 34.1 Å². The number of aromatic nitrogens is 6. The lowest BCUT2D eigenvalue weighted by molar-refractivity contribution is -0.141. The van der Waals surface area contributed by atoms with E-state index in [1.807, 2.05) is 20.8 Å². The Morgan fingerprint density at radius 3 is 1.17 bits per heavy atom. The average molecular weight is 753 g/mol. The predicted molar refractivity (Wildman–Crippen MR) is 207 cm³/mol. The number of carboxylic acids is 1. The zero-order valence-corrected chi connectivity index (χ0v) is 29.1. The molecule has 17 nitrogen and oxygen atoms in total. The quantitative estimate of drug-likeness (QED) is 0.174. The molecule has 3 aromatic rings. The number of carbonyl (C=O) groups is 6. The molecule has 53 heavy (non-hydrogen) atoms. The molecule has 3 heterocycles. The van der Waals surface area contributed by atoms with Crippen molar-refractivity contribution in [3.05, 3.63) is 69.8 Å². The van der Waals surface area contributed by atoms with Gasteiger partial charge in [-0.25, -0.2) is 24.5 Å². The number of nitrogens with zero attached hydrogens (tertiary/aromatic N) is 6. The van der Waals surface area contributed by atoms with Crippen LogP contribution in [0.3, 0.4) is 0 Å². The smallest absolute Gasteiger partial charge is 0.358 e. The van der Waals surface area contributed by atoms with Gasteiger partial charge in [-0.15, -0.1) is 0 Å². The van der Waals surface area contributed by atoms with E-state index in [4.69, 9.17) is 16.6 Å². The molecule has 5 N–H and O–H groups in total. The van der Waals surface area contributed by atoms with E-state index in [0.717, 1.165) is 28.5 Å². The molecule has 17 heteroatoms. The second-order valence-electron chi connectivity index (χ2n) is 9.61. The van der Waals surface area contributed by atoms with Crippen LogP contribution in [0.1, 0.15) is 124 Å². The van der Waals surface area contributed by atoms with Crippen molar-refractivity contribution in [1.29, 1.82) is 0 Å². The fourth-order valence-electron chi connectivity index (χ4n) is 2.35. The second kappa shape index (κ2) is 32.5. The van der Waals surface area contributed by atoms with Crippen molar-refractivity contribution in [2.75, 3.05) is 20.8 Å². The molecule has 0 aliphatic heterocycles. The van der Waals surface area contributed by atoms with E-state index in [-0.39, 0.29) is 72.4 Å². The van der Waals surface area contributed by atoms with Gasteiger partial charge in [-0.1, -0.05) is 37.1 Å². The number of hydrogen-bond acceptors (Lipinski definition) is 16. The summed E-state index contributed by atoms with van der Waals surface area (Å²) in [6.07, 6.45) is 4.17. The summed E-state index contributed by atoms with van der Waals surface area (Å²) in [5.41, 5.74) is 15.5. The first-order chi connectivity index (χ1) is 22.2. The van der Waals surface area contributed by atoms with Gasteiger partial charge in [0.25, 0.3) is 0 Å². The Labute approximate surface area is 315 Å². The van der Waals surface area contributed by atoms with Crippen LogP contribution in [-0.4, -0.2) is 97.1 Å². The number of hydrogen-bond donors (Lipinski definition) is 3. The lowest BCUT2D eigenvalue weighted by Gasteiger charge is -2.03. The van der Waals surface area contributed by atoms with Crippen LogP contribution in [0.5, 0.6) is 0 Å². The number of nitrogens with two attached hydrogens (primary N) is 2. The standard InChI is InChI=1S/C8H10N2O2.C8H10N2O.C7H8N2O2.C4H10N2O2.C4H6O2.5CH4/c1-5-6(2)10-7(4-9-5)8(11)12-3;1-5-6(2)10-8(4-9-5)7(3)11;1-4-5(2)9-6(3-8-4)7(10)11;1-8-4(7)3(6)2-5;1-3(5)4(2)6;;;;;/h4H,1-3H3;4H,1-3H3;3H,1-2H3,(H,10,11);3H,2,5-6H2,1H3;1-2H3;5*1H4. The summed E-state index contributed by atoms with van der Waals surface area (Å²) in [6.45, 7) is 15.0. The van der Waals surface area contributed by atoms with Gasteiger partial charge >= 0.3 is 17.9 Å². The van der Waals surface area contributed by atoms with Crippen LogP contribution in [0.15, 0.2) is 18.6 Å². The summed E-state index contributed by atoms with van der Waals surface area (Å²) in [6, 6.07) is -0.667. The molecule has 0 fully saturated rings. The molecular formula is C36H64N8O9. The SMILES string of the molecule is C.C.C.C.C.CC(=O)C(C)=O.CC(=O)c1cnc(C)c(C)n1.COC(=O)C(N)CN.COC(=O)c1cnc(C)c(C)n1.Cc1ncc(C(=O)O)nc1C. The third-order valence-electron chi connectivity index (χ3n) is 5.80. The summed E-state index contributed by atoms with van der Waals surface area (Å²) < 4.78 is 8.75. The van der Waals surface area contributed by atoms with Gasteiger partial charge in [-0.2, -0.15) is 0 Å². The Hall–Kier alpha value is -5.42. The highest BCUT2D eigenvalue weighted by molar-refractivity contribution is 6.35. The molecular weight excluding hydrogens is 688 g/mol. The third-order valence-corrected chi connectivity index (χ3v) is 5.80. The summed E-state index contributed by atoms with van der Waals surface area (Å²) in [4.78, 5) is 85.8. The van der Waals surface area contributed by atoms with Gasteiger partial charge in [0, 0.05) is 27.3 Å². The molecule has 1 unspecified atom stereocenters. The molecule has 0 amide bonds. The van der Waals surface area contributed by atoms with Crippen LogP contribution in [0, 0.1) is 41.5 Å². The normalized spacial score (nSPS) is 9.00. The fraction of sp³-hybridized carbons (Fsp3) is 0.500. The molecule has 302 valence electrons. The molecule has 0 radical (unpaired) electrons. The largest absolute Gasteiger partial charge is 0.476 e. The van der Waals surface area contributed by atoms with Gasteiger partial charge in [0.15, 0.2) is 28.7 Å². The first-order valence-electron chi connectivity index (χ1n) is 14.0. The number of ether oxygens (including phenoxy) is 2. The van der Waals surface area contributed by atoms with Crippen molar-refractivity contribution in [3.8, 4) is 0 Å². The van der Waals surface area contributed by atoms with Gasteiger partial charge in [0.1, 0.15) is 11.7 Å².